The number of carbonyl (C=O) groups is 2. The molecule has 2 fully saturated rings. The van der Waals surface area contributed by atoms with Crippen LogP contribution in [-0.2, 0) is 9.53 Å². The lowest BCUT2D eigenvalue weighted by Crippen LogP contribution is -2.57. The van der Waals surface area contributed by atoms with Gasteiger partial charge < -0.3 is 14.5 Å². The Morgan fingerprint density at radius 3 is 2.67 bits per heavy atom. The van der Waals surface area contributed by atoms with Gasteiger partial charge in [0.2, 0.25) is 5.91 Å². The molecule has 5 nitrogen and oxygen atoms in total. The van der Waals surface area contributed by atoms with E-state index in [1.54, 1.807) is 7.11 Å². The molecule has 4 rings (SSSR count). The number of ether oxygens (including phenoxy) is 1. The molecule has 0 unspecified atom stereocenters. The molecule has 1 aliphatic carbocycles. The molecule has 0 spiro atoms. The van der Waals surface area contributed by atoms with Gasteiger partial charge in [-0.3, -0.25) is 9.59 Å². The number of amides is 2. The van der Waals surface area contributed by atoms with Gasteiger partial charge in [0.15, 0.2) is 0 Å². The molecule has 1 aliphatic heterocycles. The fourth-order valence-corrected chi connectivity index (χ4v) is 5.23. The van der Waals surface area contributed by atoms with E-state index in [2.05, 4.69) is 12.6 Å². The molecule has 1 saturated carbocycles. The molecule has 1 saturated heterocycles. The standard InChI is InChI=1S/C24H30N2O3S/c1-29-14-11-19-16-25(12-13-26(19)23(27)18-9-10-20(30)15-18)24(28)22-8-4-6-17-5-2-3-7-21(17)22/h2-8,18-20,30H,9-16H2,1H3/t18-,19+,20+/m1/s1. The SMILES string of the molecule is COCC[C@H]1CN(C(=O)c2cccc3ccccc23)CCN1C(=O)[C@@H]1CC[C@H](S)C1. The van der Waals surface area contributed by atoms with E-state index < -0.39 is 0 Å². The number of carbonyl (C=O) groups excluding carboxylic acids is 2. The highest BCUT2D eigenvalue weighted by Gasteiger charge is 2.37. The number of hydrogen-bond acceptors (Lipinski definition) is 4. The molecule has 0 aromatic heterocycles. The van der Waals surface area contributed by atoms with Crippen LogP contribution in [0.5, 0.6) is 0 Å². The zero-order valence-corrected chi connectivity index (χ0v) is 18.4. The molecule has 30 heavy (non-hydrogen) atoms. The Morgan fingerprint density at radius 1 is 1.10 bits per heavy atom. The molecule has 1 heterocycles. The van der Waals surface area contributed by atoms with E-state index in [-0.39, 0.29) is 23.8 Å². The van der Waals surface area contributed by atoms with Crippen molar-refractivity contribution in [2.45, 2.75) is 37.0 Å². The fourth-order valence-electron chi connectivity index (χ4n) is 4.83. The van der Waals surface area contributed by atoms with Crippen LogP contribution >= 0.6 is 12.6 Å². The predicted molar refractivity (Wildman–Crippen MR) is 122 cm³/mol. The van der Waals surface area contributed by atoms with Crippen LogP contribution in [0.1, 0.15) is 36.0 Å². The third-order valence-electron chi connectivity index (χ3n) is 6.48. The molecule has 2 amide bonds. The summed E-state index contributed by atoms with van der Waals surface area (Å²) in [6.45, 7) is 2.27. The molecule has 0 bridgehead atoms. The third-order valence-corrected chi connectivity index (χ3v) is 6.95. The van der Waals surface area contributed by atoms with Gasteiger partial charge in [-0.15, -0.1) is 0 Å². The fraction of sp³-hybridized carbons (Fsp3) is 0.500. The van der Waals surface area contributed by atoms with Gasteiger partial charge >= 0.3 is 0 Å². The number of thiol groups is 1. The summed E-state index contributed by atoms with van der Waals surface area (Å²) in [5.74, 6) is 0.334. The second-order valence-corrected chi connectivity index (χ2v) is 9.14. The first-order chi connectivity index (χ1) is 14.6. The van der Waals surface area contributed by atoms with Gasteiger partial charge in [0, 0.05) is 50.1 Å². The average molecular weight is 427 g/mol. The molecular weight excluding hydrogens is 396 g/mol. The van der Waals surface area contributed by atoms with Crippen molar-refractivity contribution < 1.29 is 14.3 Å². The monoisotopic (exact) mass is 426 g/mol. The Balaban J connectivity index is 1.52. The minimum atomic E-state index is -0.0101. The van der Waals surface area contributed by atoms with Crippen molar-refractivity contribution >= 4 is 35.2 Å². The number of hydrogen-bond donors (Lipinski definition) is 1. The Hall–Kier alpha value is -2.05. The predicted octanol–water partition coefficient (Wildman–Crippen LogP) is 3.63. The zero-order valence-electron chi connectivity index (χ0n) is 17.5. The Kier molecular flexibility index (Phi) is 6.64. The van der Waals surface area contributed by atoms with Crippen LogP contribution in [0.3, 0.4) is 0 Å². The lowest BCUT2D eigenvalue weighted by Gasteiger charge is -2.42. The summed E-state index contributed by atoms with van der Waals surface area (Å²) < 4.78 is 5.30. The van der Waals surface area contributed by atoms with E-state index in [9.17, 15) is 9.59 Å². The summed E-state index contributed by atoms with van der Waals surface area (Å²) in [5.41, 5.74) is 0.729. The molecule has 2 aromatic rings. The van der Waals surface area contributed by atoms with Crippen molar-refractivity contribution in [1.82, 2.24) is 9.80 Å². The molecule has 0 radical (unpaired) electrons. The first-order valence-electron chi connectivity index (χ1n) is 10.8. The highest BCUT2D eigenvalue weighted by atomic mass is 32.1. The highest BCUT2D eigenvalue weighted by molar-refractivity contribution is 7.80. The van der Waals surface area contributed by atoms with Gasteiger partial charge in [0.1, 0.15) is 0 Å². The van der Waals surface area contributed by atoms with Gasteiger partial charge in [-0.25, -0.2) is 0 Å². The lowest BCUT2D eigenvalue weighted by atomic mass is 10.00. The summed E-state index contributed by atoms with van der Waals surface area (Å²) in [6, 6.07) is 13.8. The molecule has 0 N–H and O–H groups in total. The maximum atomic E-state index is 13.4. The van der Waals surface area contributed by atoms with Crippen LogP contribution in [0.15, 0.2) is 42.5 Å². The number of fused-ring (bicyclic) bond motifs is 1. The van der Waals surface area contributed by atoms with Gasteiger partial charge in [0.05, 0.1) is 6.04 Å². The van der Waals surface area contributed by atoms with E-state index >= 15 is 0 Å². The first-order valence-corrected chi connectivity index (χ1v) is 11.3. The topological polar surface area (TPSA) is 49.9 Å². The van der Waals surface area contributed by atoms with Gasteiger partial charge in [-0.05, 0) is 42.5 Å². The van der Waals surface area contributed by atoms with Crippen LogP contribution in [0.25, 0.3) is 10.8 Å². The van der Waals surface area contributed by atoms with E-state index in [1.807, 2.05) is 52.3 Å². The van der Waals surface area contributed by atoms with Crippen LogP contribution in [0.4, 0.5) is 0 Å². The second kappa shape index (κ2) is 9.40. The maximum absolute atomic E-state index is 13.4. The minimum Gasteiger partial charge on any atom is -0.385 e. The van der Waals surface area contributed by atoms with Crippen molar-refractivity contribution in [3.8, 4) is 0 Å². The summed E-state index contributed by atoms with van der Waals surface area (Å²) in [4.78, 5) is 30.5. The quantitative estimate of drug-likeness (QED) is 0.743. The largest absolute Gasteiger partial charge is 0.385 e. The first kappa shape index (κ1) is 21.2. The van der Waals surface area contributed by atoms with Gasteiger partial charge in [0.25, 0.3) is 5.91 Å². The zero-order chi connectivity index (χ0) is 21.1. The molecule has 2 aliphatic rings. The second-order valence-electron chi connectivity index (χ2n) is 8.41. The Morgan fingerprint density at radius 2 is 1.90 bits per heavy atom. The van der Waals surface area contributed by atoms with E-state index in [4.69, 9.17) is 4.74 Å². The van der Waals surface area contributed by atoms with Gasteiger partial charge in [-0.1, -0.05) is 36.4 Å². The van der Waals surface area contributed by atoms with Crippen LogP contribution in [0, 0.1) is 5.92 Å². The van der Waals surface area contributed by atoms with Crippen molar-refractivity contribution in [2.75, 3.05) is 33.4 Å². The number of benzene rings is 2. The van der Waals surface area contributed by atoms with E-state index in [0.29, 0.717) is 31.5 Å². The van der Waals surface area contributed by atoms with E-state index in [0.717, 1.165) is 42.0 Å². The Labute approximate surface area is 183 Å². The molecule has 3 atom stereocenters. The normalized spacial score (nSPS) is 24.4. The number of methoxy groups -OCH3 is 1. The summed E-state index contributed by atoms with van der Waals surface area (Å²) in [7, 11) is 1.68. The summed E-state index contributed by atoms with van der Waals surface area (Å²) in [5, 5.41) is 2.36. The minimum absolute atomic E-state index is 0.0101. The van der Waals surface area contributed by atoms with Crippen molar-refractivity contribution in [1.29, 1.82) is 0 Å². The van der Waals surface area contributed by atoms with Gasteiger partial charge in [-0.2, -0.15) is 12.6 Å². The Bertz CT molecular complexity index is 913. The number of nitrogens with zero attached hydrogens (tertiary/aromatic N) is 2. The average Bonchev–Trinajstić information content (AvgIpc) is 3.22. The van der Waals surface area contributed by atoms with Crippen LogP contribution in [0.2, 0.25) is 0 Å². The number of piperazine rings is 1. The smallest absolute Gasteiger partial charge is 0.254 e. The van der Waals surface area contributed by atoms with Crippen molar-refractivity contribution in [2.24, 2.45) is 5.92 Å². The van der Waals surface area contributed by atoms with Crippen LogP contribution < -0.4 is 0 Å². The molecule has 160 valence electrons. The highest BCUT2D eigenvalue weighted by Crippen LogP contribution is 2.32. The van der Waals surface area contributed by atoms with Crippen molar-refractivity contribution in [3.05, 3.63) is 48.0 Å². The van der Waals surface area contributed by atoms with Crippen molar-refractivity contribution in [3.63, 3.8) is 0 Å². The summed E-state index contributed by atoms with van der Waals surface area (Å²) in [6.07, 6.45) is 3.51. The molecule has 2 aromatic carbocycles. The third kappa shape index (κ3) is 4.35. The van der Waals surface area contributed by atoms with E-state index in [1.165, 1.54) is 0 Å². The van der Waals surface area contributed by atoms with Crippen LogP contribution in [-0.4, -0.2) is 66.3 Å². The molecular formula is C24H30N2O3S. The lowest BCUT2D eigenvalue weighted by molar-refractivity contribution is -0.140. The summed E-state index contributed by atoms with van der Waals surface area (Å²) >= 11 is 4.56. The number of rotatable bonds is 5. The molecule has 6 heteroatoms. The maximum Gasteiger partial charge on any atom is 0.254 e.